The molecule has 0 saturated heterocycles. The number of rotatable bonds is 13. The predicted octanol–water partition coefficient (Wildman–Crippen LogP) is 6.85. The van der Waals surface area contributed by atoms with Gasteiger partial charge in [0.2, 0.25) is 0 Å². The third-order valence-corrected chi connectivity index (χ3v) is 9.68. The highest BCUT2D eigenvalue weighted by atomic mass is 17.1. The summed E-state index contributed by atoms with van der Waals surface area (Å²) in [5, 5.41) is 29.1. The van der Waals surface area contributed by atoms with Crippen LogP contribution < -0.4 is 5.48 Å². The van der Waals surface area contributed by atoms with Crippen molar-refractivity contribution in [3.05, 3.63) is 75.4 Å². The van der Waals surface area contributed by atoms with Crippen molar-refractivity contribution in [1.82, 2.24) is 25.4 Å². The number of aromatic nitrogens is 4. The van der Waals surface area contributed by atoms with Crippen molar-refractivity contribution in [2.24, 2.45) is 0 Å². The molecule has 12 heteroatoms. The number of carboxylic acid groups (broad SMARTS) is 2. The average Bonchev–Trinajstić information content (AvgIpc) is 3.73. The van der Waals surface area contributed by atoms with Crippen molar-refractivity contribution in [3.8, 4) is 0 Å². The van der Waals surface area contributed by atoms with E-state index in [0.29, 0.717) is 28.9 Å². The fourth-order valence-electron chi connectivity index (χ4n) is 6.95. The molecule has 0 aliphatic carbocycles. The zero-order valence-electron chi connectivity index (χ0n) is 28.9. The topological polar surface area (TPSA) is 183 Å². The zero-order valence-corrected chi connectivity index (χ0v) is 28.9. The van der Waals surface area contributed by atoms with Crippen molar-refractivity contribution < 1.29 is 34.8 Å². The molecule has 5 heterocycles. The van der Waals surface area contributed by atoms with Crippen LogP contribution in [0, 0.1) is 13.8 Å². The lowest BCUT2D eigenvalue weighted by Crippen LogP contribution is -2.31. The van der Waals surface area contributed by atoms with Crippen LogP contribution in [-0.4, -0.2) is 66.6 Å². The Morgan fingerprint density at radius 2 is 1.76 bits per heavy atom. The molecule has 3 aromatic rings. The summed E-state index contributed by atoms with van der Waals surface area (Å²) in [4.78, 5) is 52.0. The molecule has 6 N–H and O–H groups in total. The van der Waals surface area contributed by atoms with Crippen LogP contribution in [0.25, 0.3) is 39.3 Å². The van der Waals surface area contributed by atoms with Gasteiger partial charge in [-0.05, 0) is 81.0 Å². The van der Waals surface area contributed by atoms with E-state index in [4.69, 9.17) is 20.1 Å². The first-order valence-electron chi connectivity index (χ1n) is 16.6. The van der Waals surface area contributed by atoms with Crippen LogP contribution in [-0.2, 0) is 32.2 Å². The van der Waals surface area contributed by atoms with Gasteiger partial charge in [-0.25, -0.2) is 14.7 Å². The molecule has 2 aliphatic rings. The van der Waals surface area contributed by atoms with Crippen LogP contribution >= 0.6 is 0 Å². The lowest BCUT2D eigenvalue weighted by atomic mass is 9.84. The average molecular weight is 672 g/mol. The van der Waals surface area contributed by atoms with Crippen LogP contribution in [0.3, 0.4) is 0 Å². The lowest BCUT2D eigenvalue weighted by Gasteiger charge is -2.18. The highest BCUT2D eigenvalue weighted by Gasteiger charge is 2.35. The molecule has 0 unspecified atom stereocenters. The molecule has 12 nitrogen and oxygen atoms in total. The lowest BCUT2D eigenvalue weighted by molar-refractivity contribution is -0.250. The van der Waals surface area contributed by atoms with E-state index in [2.05, 4.69) is 46.8 Å². The summed E-state index contributed by atoms with van der Waals surface area (Å²) >= 11 is 0. The smallest absolute Gasteiger partial charge is 0.338 e. The maximum atomic E-state index is 12.9. The SMILES string of the molecule is C=Cc1c(C)c2cc3nc(c(CCON[C@@H](C)COO)c4nc(cc5[nH]c(cc1[nH]2)c(C)c5CC)C(C)=C4C(=O)O)[C@@H](CCC(=O)O)[C@@H]3C. The maximum absolute atomic E-state index is 12.9. The molecule has 49 heavy (non-hydrogen) atoms. The molecule has 0 aromatic carbocycles. The van der Waals surface area contributed by atoms with Gasteiger partial charge in [-0.3, -0.25) is 15.0 Å². The molecule has 0 saturated carbocycles. The Morgan fingerprint density at radius 3 is 2.41 bits per heavy atom. The Hall–Kier alpha value is -4.62. The quantitative estimate of drug-likeness (QED) is 0.0639. The zero-order chi connectivity index (χ0) is 35.6. The monoisotopic (exact) mass is 671 g/mol. The van der Waals surface area contributed by atoms with Crippen LogP contribution in [0.4, 0.5) is 0 Å². The first-order valence-corrected chi connectivity index (χ1v) is 16.6. The van der Waals surface area contributed by atoms with Gasteiger partial charge in [-0.1, -0.05) is 26.5 Å². The van der Waals surface area contributed by atoms with E-state index in [9.17, 15) is 19.8 Å². The number of H-pyrrole nitrogens is 2. The van der Waals surface area contributed by atoms with Gasteiger partial charge < -0.3 is 25.0 Å². The Bertz CT molecular complexity index is 1990. The van der Waals surface area contributed by atoms with Gasteiger partial charge in [-0.15, -0.1) is 0 Å². The molecule has 5 rings (SSSR count). The second-order valence-corrected chi connectivity index (χ2v) is 12.8. The fourth-order valence-corrected chi connectivity index (χ4v) is 6.95. The molecule has 2 aliphatic heterocycles. The maximum Gasteiger partial charge on any atom is 0.338 e. The van der Waals surface area contributed by atoms with Gasteiger partial charge >= 0.3 is 11.9 Å². The normalized spacial score (nSPS) is 16.6. The summed E-state index contributed by atoms with van der Waals surface area (Å²) < 4.78 is 0. The van der Waals surface area contributed by atoms with Gasteiger partial charge in [0.1, 0.15) is 0 Å². The minimum atomic E-state index is -1.12. The van der Waals surface area contributed by atoms with Gasteiger partial charge in [-0.2, -0.15) is 5.48 Å². The number of hydroxylamine groups is 1. The molecule has 260 valence electrons. The number of nitrogens with zero attached hydrogens (tertiary/aromatic N) is 2. The number of aliphatic carboxylic acids is 2. The molecular formula is C37H45N5O7. The van der Waals surface area contributed by atoms with Crippen molar-refractivity contribution in [1.29, 1.82) is 0 Å². The van der Waals surface area contributed by atoms with Gasteiger partial charge in [0.15, 0.2) is 0 Å². The van der Waals surface area contributed by atoms with Crippen LogP contribution in [0.2, 0.25) is 0 Å². The van der Waals surface area contributed by atoms with E-state index in [1.54, 1.807) is 13.8 Å². The van der Waals surface area contributed by atoms with E-state index >= 15 is 0 Å². The number of fused-ring (bicyclic) bond motifs is 8. The molecule has 0 amide bonds. The van der Waals surface area contributed by atoms with Crippen LogP contribution in [0.5, 0.6) is 0 Å². The Labute approximate surface area is 284 Å². The summed E-state index contributed by atoms with van der Waals surface area (Å²) in [6.07, 6.45) is 3.02. The molecule has 0 spiro atoms. The van der Waals surface area contributed by atoms with Crippen molar-refractivity contribution >= 4 is 51.2 Å². The van der Waals surface area contributed by atoms with E-state index in [1.165, 1.54) is 0 Å². The second kappa shape index (κ2) is 14.9. The van der Waals surface area contributed by atoms with Crippen molar-refractivity contribution in [2.75, 3.05) is 13.2 Å². The molecule has 0 fully saturated rings. The number of allylic oxidation sites excluding steroid dienone is 1. The number of hydrogen-bond acceptors (Lipinski definition) is 8. The van der Waals surface area contributed by atoms with E-state index in [0.717, 1.165) is 56.4 Å². The number of aryl methyl sites for hydroxylation is 3. The summed E-state index contributed by atoms with van der Waals surface area (Å²) in [5.74, 6) is -2.55. The summed E-state index contributed by atoms with van der Waals surface area (Å²) in [5.41, 5.74) is 13.8. The highest BCUT2D eigenvalue weighted by molar-refractivity contribution is 6.24. The van der Waals surface area contributed by atoms with E-state index in [-0.39, 0.29) is 55.2 Å². The molecule has 3 atom stereocenters. The minimum absolute atomic E-state index is 0.00303. The van der Waals surface area contributed by atoms with Gasteiger partial charge in [0, 0.05) is 69.3 Å². The van der Waals surface area contributed by atoms with Crippen LogP contribution in [0.15, 0.2) is 24.8 Å². The molecule has 3 aromatic heterocycles. The Kier molecular flexibility index (Phi) is 10.8. The third-order valence-electron chi connectivity index (χ3n) is 9.68. The van der Waals surface area contributed by atoms with E-state index in [1.807, 2.05) is 32.1 Å². The number of aromatic amines is 2. The first-order chi connectivity index (χ1) is 23.4. The van der Waals surface area contributed by atoms with Crippen molar-refractivity contribution in [3.63, 3.8) is 0 Å². The predicted molar refractivity (Wildman–Crippen MR) is 189 cm³/mol. The Morgan fingerprint density at radius 1 is 1.04 bits per heavy atom. The molecular weight excluding hydrogens is 626 g/mol. The molecule has 0 radical (unpaired) electrons. The number of nitrogens with one attached hydrogen (secondary N) is 3. The Balaban J connectivity index is 1.91. The number of carbonyl (C=O) groups is 2. The minimum Gasteiger partial charge on any atom is -0.481 e. The summed E-state index contributed by atoms with van der Waals surface area (Å²) in [6.45, 7) is 15.9. The third kappa shape index (κ3) is 7.09. The molecule has 8 bridgehead atoms. The fraction of sp³-hybridized carbons (Fsp3) is 0.405. The number of hydrogen-bond donors (Lipinski definition) is 6. The van der Waals surface area contributed by atoms with Crippen LogP contribution in [0.1, 0.15) is 103 Å². The number of carboxylic acids is 2. The second-order valence-electron chi connectivity index (χ2n) is 12.8. The largest absolute Gasteiger partial charge is 0.481 e. The van der Waals surface area contributed by atoms with E-state index < -0.39 is 11.9 Å². The highest BCUT2D eigenvalue weighted by Crippen LogP contribution is 2.43. The van der Waals surface area contributed by atoms with Gasteiger partial charge in [0.25, 0.3) is 0 Å². The van der Waals surface area contributed by atoms with Crippen molar-refractivity contribution in [2.45, 2.75) is 85.1 Å². The van der Waals surface area contributed by atoms with Gasteiger partial charge in [0.05, 0.1) is 36.2 Å². The summed E-state index contributed by atoms with van der Waals surface area (Å²) in [6, 6.07) is 5.64. The first kappa shape index (κ1) is 35.7. The summed E-state index contributed by atoms with van der Waals surface area (Å²) in [7, 11) is 0. The standard InChI is InChI=1S/C37H45N5O7/c1-8-23-19(4)27-14-29-21(6)25(10-11-33(43)44)35(40-29)26(12-13-48-42-18(3)17-49-47)36-34(37(45)46)22(7)30(41-36)16-32-24(9-2)20(5)28(39-32)15-31(23)38-27/h8,14-16,18,21,25,38-39,42,47H,1,9-13,17H2,2-7H3,(H,43,44)(H,45,46)/t18-,21-,25-/m0/s1.